The second-order valence-electron chi connectivity index (χ2n) is 16.4. The molecular formula is C39H54N4O4. The van der Waals surface area contributed by atoms with Gasteiger partial charge in [-0.05, 0) is 131 Å². The van der Waals surface area contributed by atoms with Gasteiger partial charge in [0.15, 0.2) is 0 Å². The molecule has 0 saturated heterocycles. The minimum Gasteiger partial charge on any atom is -0.469 e. The van der Waals surface area contributed by atoms with Gasteiger partial charge in [-0.2, -0.15) is 0 Å². The molecule has 4 N–H and O–H groups in total. The summed E-state index contributed by atoms with van der Waals surface area (Å²) < 4.78 is 11.3. The Hall–Kier alpha value is -3.94. The van der Waals surface area contributed by atoms with E-state index in [1.54, 1.807) is 0 Å². The van der Waals surface area contributed by atoms with Gasteiger partial charge >= 0.3 is 11.9 Å². The van der Waals surface area contributed by atoms with Crippen LogP contribution in [0.5, 0.6) is 0 Å². The van der Waals surface area contributed by atoms with Crippen molar-refractivity contribution in [3.8, 4) is 0 Å². The molecule has 8 nitrogen and oxygen atoms in total. The fourth-order valence-electron chi connectivity index (χ4n) is 7.20. The lowest BCUT2D eigenvalue weighted by Gasteiger charge is -2.35. The molecule has 1 unspecified atom stereocenters. The maximum atomic E-state index is 13.9. The number of hydrogen-bond donors (Lipinski definition) is 4. The number of carbonyl (C=O) groups excluding carboxylic acids is 2. The fraction of sp³-hybridized carbons (Fsp3) is 0.538. The van der Waals surface area contributed by atoms with Crippen molar-refractivity contribution in [2.45, 2.75) is 111 Å². The van der Waals surface area contributed by atoms with Gasteiger partial charge in [0.25, 0.3) is 0 Å². The molecule has 254 valence electrons. The van der Waals surface area contributed by atoms with Gasteiger partial charge in [-0.1, -0.05) is 6.92 Å². The van der Waals surface area contributed by atoms with Crippen LogP contribution in [0.15, 0.2) is 48.5 Å². The molecule has 5 heterocycles. The van der Waals surface area contributed by atoms with Crippen molar-refractivity contribution in [3.63, 3.8) is 0 Å². The second-order valence-corrected chi connectivity index (χ2v) is 16.4. The molecule has 0 aromatic carbocycles. The lowest BCUT2D eigenvalue weighted by atomic mass is 9.72. The normalized spacial score (nSPS) is 19.1. The molecule has 0 fully saturated rings. The molecule has 0 radical (unpaired) electrons. The molecule has 8 heteroatoms. The lowest BCUT2D eigenvalue weighted by molar-refractivity contribution is -0.162. The molecule has 0 aliphatic carbocycles. The maximum absolute atomic E-state index is 13.9. The highest BCUT2D eigenvalue weighted by atomic mass is 16.5. The average Bonchev–Trinajstić information content (AvgIpc) is 3.84. The number of carbonyl (C=O) groups is 2. The summed E-state index contributed by atoms with van der Waals surface area (Å²) in [5.41, 5.74) is 5.06. The Balaban J connectivity index is 1.60. The van der Waals surface area contributed by atoms with Crippen LogP contribution in [0.25, 0.3) is 0 Å². The maximum Gasteiger partial charge on any atom is 0.311 e. The van der Waals surface area contributed by atoms with Gasteiger partial charge in [0.05, 0.1) is 23.4 Å². The van der Waals surface area contributed by atoms with Crippen LogP contribution in [0.4, 0.5) is 0 Å². The topological polar surface area (TPSA) is 116 Å². The molecule has 4 aromatic rings. The highest BCUT2D eigenvalue weighted by molar-refractivity contribution is 5.80. The standard InChI is InChI=1S/C39H54N4O4/c1-13-38(10,22-34(2,3)32(44)46-12)33(45)47-23-39(11)30-20-18-28(42-30)36(6,7)26-16-14-24(40-26)35(4,5)25-15-17-27(41-25)37(8,9)29-19-21-31(39)43-29/h14-21,40-43H,13,22-23H2,1-12H3. The van der Waals surface area contributed by atoms with Gasteiger partial charge in [-0.15, -0.1) is 0 Å². The molecule has 0 spiro atoms. The number of fused-ring (bicyclic) bond motifs is 8. The largest absolute Gasteiger partial charge is 0.469 e. The summed E-state index contributed by atoms with van der Waals surface area (Å²) >= 11 is 0. The van der Waals surface area contributed by atoms with Crippen molar-refractivity contribution in [1.82, 2.24) is 19.9 Å². The summed E-state index contributed by atoms with van der Waals surface area (Å²) in [7, 11) is 1.38. The second kappa shape index (κ2) is 11.3. The predicted molar refractivity (Wildman–Crippen MR) is 186 cm³/mol. The Morgan fingerprint density at radius 2 is 0.915 bits per heavy atom. The molecule has 1 aliphatic rings. The van der Waals surface area contributed by atoms with E-state index in [4.69, 9.17) is 9.47 Å². The van der Waals surface area contributed by atoms with E-state index in [0.717, 1.165) is 45.6 Å². The third-order valence-electron chi connectivity index (χ3n) is 11.3. The minimum absolute atomic E-state index is 0.105. The number of nitrogens with one attached hydrogen (secondary N) is 4. The van der Waals surface area contributed by atoms with E-state index in [0.29, 0.717) is 12.8 Å². The Kier molecular flexibility index (Phi) is 8.30. The van der Waals surface area contributed by atoms with Gasteiger partial charge in [0.2, 0.25) is 0 Å². The molecule has 1 atom stereocenters. The Bertz CT molecular complexity index is 1680. The quantitative estimate of drug-likeness (QED) is 0.152. The van der Waals surface area contributed by atoms with Gasteiger partial charge < -0.3 is 29.4 Å². The van der Waals surface area contributed by atoms with Crippen LogP contribution in [-0.4, -0.2) is 45.6 Å². The highest BCUT2D eigenvalue weighted by Crippen LogP contribution is 2.43. The van der Waals surface area contributed by atoms with Crippen LogP contribution in [0, 0.1) is 10.8 Å². The fourth-order valence-corrected chi connectivity index (χ4v) is 7.20. The van der Waals surface area contributed by atoms with Crippen molar-refractivity contribution in [1.29, 1.82) is 0 Å². The molecule has 4 aromatic heterocycles. The summed E-state index contributed by atoms with van der Waals surface area (Å²) in [6.07, 6.45) is 0.838. The Labute approximate surface area is 279 Å². The van der Waals surface area contributed by atoms with E-state index in [9.17, 15) is 9.59 Å². The highest BCUT2D eigenvalue weighted by Gasteiger charge is 2.45. The first-order chi connectivity index (χ1) is 21.7. The zero-order valence-electron chi connectivity index (χ0n) is 30.4. The SMILES string of the molecule is CCC(C)(CC(C)(C)C(=O)OC)C(=O)OCC1(C)c2ccc([nH]2)C(C)(C)c2ccc([nH]2)C(C)(C)c2ccc([nH]2)C(C)(C)c2ccc1[nH]2. The first-order valence-corrected chi connectivity index (χ1v) is 16.8. The van der Waals surface area contributed by atoms with Crippen LogP contribution in [0.2, 0.25) is 0 Å². The van der Waals surface area contributed by atoms with E-state index < -0.39 is 16.2 Å². The van der Waals surface area contributed by atoms with Crippen molar-refractivity contribution >= 4 is 11.9 Å². The van der Waals surface area contributed by atoms with Crippen molar-refractivity contribution in [2.24, 2.45) is 10.8 Å². The summed E-state index contributed by atoms with van der Waals surface area (Å²) in [6, 6.07) is 17.2. The molecule has 47 heavy (non-hydrogen) atoms. The molecular weight excluding hydrogens is 588 g/mol. The third-order valence-corrected chi connectivity index (χ3v) is 11.3. The average molecular weight is 643 g/mol. The van der Waals surface area contributed by atoms with Gasteiger partial charge in [0, 0.05) is 61.8 Å². The minimum atomic E-state index is -0.872. The lowest BCUT2D eigenvalue weighted by Crippen LogP contribution is -2.40. The number of aromatic nitrogens is 4. The third kappa shape index (κ3) is 5.67. The number of hydrogen-bond acceptors (Lipinski definition) is 4. The van der Waals surface area contributed by atoms with E-state index in [2.05, 4.69) is 117 Å². The molecule has 0 saturated carbocycles. The van der Waals surface area contributed by atoms with Crippen molar-refractivity contribution in [3.05, 3.63) is 94.1 Å². The number of rotatable bonds is 7. The molecule has 1 aliphatic heterocycles. The van der Waals surface area contributed by atoms with Crippen molar-refractivity contribution in [2.75, 3.05) is 13.7 Å². The number of esters is 2. The van der Waals surface area contributed by atoms with Crippen LogP contribution < -0.4 is 0 Å². The summed E-state index contributed by atoms with van der Waals surface area (Å²) in [6.45, 7) is 23.0. The zero-order chi connectivity index (χ0) is 34.8. The van der Waals surface area contributed by atoms with Crippen molar-refractivity contribution < 1.29 is 19.1 Å². The Morgan fingerprint density at radius 3 is 1.23 bits per heavy atom. The van der Waals surface area contributed by atoms with Crippen LogP contribution in [0.3, 0.4) is 0 Å². The van der Waals surface area contributed by atoms with Gasteiger partial charge in [-0.3, -0.25) is 9.59 Å². The summed E-state index contributed by atoms with van der Waals surface area (Å²) in [5.74, 6) is -0.672. The van der Waals surface area contributed by atoms with Crippen LogP contribution in [0.1, 0.15) is 135 Å². The monoisotopic (exact) mass is 642 g/mol. The van der Waals surface area contributed by atoms with Gasteiger partial charge in [-0.25, -0.2) is 0 Å². The van der Waals surface area contributed by atoms with Crippen LogP contribution in [-0.2, 0) is 40.7 Å². The van der Waals surface area contributed by atoms with E-state index in [1.165, 1.54) is 7.11 Å². The smallest absolute Gasteiger partial charge is 0.311 e. The van der Waals surface area contributed by atoms with E-state index in [1.807, 2.05) is 27.7 Å². The first kappa shape index (κ1) is 34.4. The first-order valence-electron chi connectivity index (χ1n) is 16.8. The molecule has 5 rings (SSSR count). The van der Waals surface area contributed by atoms with Gasteiger partial charge in [0.1, 0.15) is 6.61 Å². The number of H-pyrrole nitrogens is 4. The number of ether oxygens (including phenoxy) is 2. The predicted octanol–water partition coefficient (Wildman–Crippen LogP) is 8.14. The summed E-state index contributed by atoms with van der Waals surface area (Å²) in [5, 5.41) is 0. The van der Waals surface area contributed by atoms with E-state index >= 15 is 0 Å². The van der Waals surface area contributed by atoms with E-state index in [-0.39, 0.29) is 34.8 Å². The van der Waals surface area contributed by atoms with Crippen LogP contribution >= 0.6 is 0 Å². The Morgan fingerprint density at radius 1 is 0.596 bits per heavy atom. The number of aromatic amines is 4. The molecule has 8 bridgehead atoms. The molecule has 0 amide bonds. The summed E-state index contributed by atoms with van der Waals surface area (Å²) in [4.78, 5) is 41.5. The zero-order valence-corrected chi connectivity index (χ0v) is 30.4. The number of methoxy groups -OCH3 is 1.